The molecule has 0 aliphatic rings. The van der Waals surface area contributed by atoms with Gasteiger partial charge in [0.05, 0.1) is 22.1 Å². The van der Waals surface area contributed by atoms with Crippen molar-refractivity contribution in [3.05, 3.63) is 96.6 Å². The maximum Gasteiger partial charge on any atom is 1.00 e. The third-order valence-electron chi connectivity index (χ3n) is 6.40. The Morgan fingerprint density at radius 2 is 0.727 bits per heavy atom. The van der Waals surface area contributed by atoms with E-state index in [0.717, 1.165) is 55.0 Å². The second-order valence-corrected chi connectivity index (χ2v) is 14.2. The van der Waals surface area contributed by atoms with Crippen molar-refractivity contribution in [1.82, 2.24) is 19.9 Å². The molecule has 4 heterocycles. The van der Waals surface area contributed by atoms with E-state index in [1.165, 1.54) is 0 Å². The van der Waals surface area contributed by atoms with Gasteiger partial charge in [-0.1, -0.05) is 90.1 Å². The molecule has 0 fully saturated rings. The molecule has 0 amide bonds. The summed E-state index contributed by atoms with van der Waals surface area (Å²) in [5.41, 5.74) is 6.31. The molecule has 0 unspecified atom stereocenters. The van der Waals surface area contributed by atoms with Crippen LogP contribution in [0.25, 0.3) is 43.6 Å². The van der Waals surface area contributed by atoms with Gasteiger partial charge in [-0.3, -0.25) is 9.97 Å². The number of nitrogens with zero attached hydrogens (tertiary/aromatic N) is 4. The standard InChI is InChI=1S/2C16H16N2.Cu.F6P/c2*1-16(2,3)13-9-8-12-7-6-11-5-4-10-17-14(11)15(12)18-13;;1-7(2,3,4,5)6/h2*4-10H,1-3H3;;/q;;+1;-1. The Labute approximate surface area is 262 Å². The van der Waals surface area contributed by atoms with Crippen LogP contribution in [0.4, 0.5) is 25.2 Å². The number of hydrogen-bond acceptors (Lipinski definition) is 4. The van der Waals surface area contributed by atoms with Crippen molar-refractivity contribution in [1.29, 1.82) is 0 Å². The summed E-state index contributed by atoms with van der Waals surface area (Å²) in [4.78, 5) is 18.6. The second kappa shape index (κ2) is 11.5. The van der Waals surface area contributed by atoms with Gasteiger partial charge in [-0.05, 0) is 24.3 Å². The smallest absolute Gasteiger partial charge is 1.00 e. The maximum absolute atomic E-state index is 10.7. The molecular formula is C32H32CuF6N4P. The van der Waals surface area contributed by atoms with E-state index in [1.807, 2.05) is 24.5 Å². The van der Waals surface area contributed by atoms with E-state index in [4.69, 9.17) is 9.97 Å². The Morgan fingerprint density at radius 1 is 0.455 bits per heavy atom. The number of benzene rings is 2. The molecule has 0 saturated carbocycles. The van der Waals surface area contributed by atoms with Gasteiger partial charge in [0.25, 0.3) is 0 Å². The molecule has 0 spiro atoms. The Hall–Kier alpha value is -3.39. The largest absolute Gasteiger partial charge is 1.00 e. The van der Waals surface area contributed by atoms with Crippen LogP contribution in [0.15, 0.2) is 85.2 Å². The van der Waals surface area contributed by atoms with Crippen LogP contribution in [0.5, 0.6) is 0 Å². The first-order valence-electron chi connectivity index (χ1n) is 13.4. The quantitative estimate of drug-likeness (QED) is 0.0693. The first-order chi connectivity index (χ1) is 19.6. The molecule has 0 bridgehead atoms. The normalized spacial score (nSPS) is 13.6. The summed E-state index contributed by atoms with van der Waals surface area (Å²) in [5, 5.41) is 4.58. The van der Waals surface area contributed by atoms with Crippen molar-refractivity contribution in [2.45, 2.75) is 52.4 Å². The van der Waals surface area contributed by atoms with E-state index in [0.29, 0.717) is 0 Å². The topological polar surface area (TPSA) is 51.6 Å². The van der Waals surface area contributed by atoms with Gasteiger partial charge in [0.15, 0.2) is 0 Å². The van der Waals surface area contributed by atoms with E-state index >= 15 is 0 Å². The average Bonchev–Trinajstić information content (AvgIpc) is 2.90. The van der Waals surface area contributed by atoms with Gasteiger partial charge in [0.1, 0.15) is 0 Å². The van der Waals surface area contributed by atoms with Gasteiger partial charge in [-0.25, -0.2) is 9.97 Å². The maximum atomic E-state index is 9.87. The third kappa shape index (κ3) is 9.81. The molecule has 238 valence electrons. The van der Waals surface area contributed by atoms with Gasteiger partial charge in [-0.15, -0.1) is 0 Å². The molecule has 0 aliphatic carbocycles. The van der Waals surface area contributed by atoms with E-state index in [-0.39, 0.29) is 27.9 Å². The predicted octanol–water partition coefficient (Wildman–Crippen LogP) is 11.5. The molecule has 4 nitrogen and oxygen atoms in total. The molecule has 0 radical (unpaired) electrons. The van der Waals surface area contributed by atoms with Crippen LogP contribution in [-0.2, 0) is 27.9 Å². The van der Waals surface area contributed by atoms with Crippen molar-refractivity contribution < 1.29 is 42.3 Å². The summed E-state index contributed by atoms with van der Waals surface area (Å²) >= 11 is 0. The molecular weight excluding hydrogens is 649 g/mol. The van der Waals surface area contributed by atoms with Crippen LogP contribution in [0.1, 0.15) is 52.9 Å². The predicted molar refractivity (Wildman–Crippen MR) is 165 cm³/mol. The van der Waals surface area contributed by atoms with Crippen LogP contribution in [-0.4, -0.2) is 19.9 Å². The summed E-state index contributed by atoms with van der Waals surface area (Å²) in [5.74, 6) is 0. The molecule has 2 aromatic carbocycles. The van der Waals surface area contributed by atoms with E-state index < -0.39 is 7.81 Å². The van der Waals surface area contributed by atoms with Gasteiger partial charge in [-0.2, -0.15) is 0 Å². The van der Waals surface area contributed by atoms with E-state index in [2.05, 4.69) is 112 Å². The molecule has 0 N–H and O–H groups in total. The first kappa shape index (κ1) is 35.1. The Balaban J connectivity index is 0.000000196. The van der Waals surface area contributed by atoms with Crippen LogP contribution in [0, 0.1) is 0 Å². The molecule has 44 heavy (non-hydrogen) atoms. The number of pyridine rings is 4. The Morgan fingerprint density at radius 3 is 1.02 bits per heavy atom. The van der Waals surface area contributed by atoms with Crippen LogP contribution in [0.2, 0.25) is 0 Å². The molecule has 0 aliphatic heterocycles. The van der Waals surface area contributed by atoms with Crippen LogP contribution in [0.3, 0.4) is 0 Å². The van der Waals surface area contributed by atoms with Crippen molar-refractivity contribution in [2.75, 3.05) is 0 Å². The zero-order valence-electron chi connectivity index (χ0n) is 24.9. The Kier molecular flexibility index (Phi) is 9.18. The summed E-state index contributed by atoms with van der Waals surface area (Å²) in [7, 11) is -10.7. The fourth-order valence-electron chi connectivity index (χ4n) is 4.28. The zero-order chi connectivity index (χ0) is 31.9. The number of halogens is 6. The molecule has 6 rings (SSSR count). The molecule has 0 atom stereocenters. The number of rotatable bonds is 0. The van der Waals surface area contributed by atoms with Gasteiger partial charge in [0, 0.05) is 56.2 Å². The van der Waals surface area contributed by atoms with Gasteiger partial charge in [0.2, 0.25) is 0 Å². The fourth-order valence-corrected chi connectivity index (χ4v) is 4.28. The molecule has 12 heteroatoms. The molecule has 6 aromatic rings. The SMILES string of the molecule is CC(C)(C)c1ccc2ccc3cccnc3c2n1.CC(C)(C)c1ccc2ccc3cccnc3c2n1.F[P-](F)(F)(F)(F)F.[Cu+]. The Bertz CT molecular complexity index is 1810. The monoisotopic (exact) mass is 680 g/mol. The van der Waals surface area contributed by atoms with Crippen LogP contribution < -0.4 is 0 Å². The van der Waals surface area contributed by atoms with Gasteiger partial charge < -0.3 is 0 Å². The number of hydrogen-bond donors (Lipinski definition) is 0. The summed E-state index contributed by atoms with van der Waals surface area (Å²) in [6.07, 6.45) is 3.65. The van der Waals surface area contributed by atoms with Crippen molar-refractivity contribution in [3.8, 4) is 0 Å². The van der Waals surface area contributed by atoms with Crippen molar-refractivity contribution in [3.63, 3.8) is 0 Å². The van der Waals surface area contributed by atoms with Gasteiger partial charge >= 0.3 is 50.1 Å². The number of fused-ring (bicyclic) bond motifs is 6. The molecule has 0 saturated heterocycles. The minimum Gasteiger partial charge on any atom is 1.00 e. The van der Waals surface area contributed by atoms with E-state index in [1.54, 1.807) is 0 Å². The minimum absolute atomic E-state index is 0. The minimum atomic E-state index is -10.7. The van der Waals surface area contributed by atoms with Crippen molar-refractivity contribution >= 4 is 51.4 Å². The average molecular weight is 681 g/mol. The van der Waals surface area contributed by atoms with Crippen LogP contribution >= 0.6 is 7.81 Å². The van der Waals surface area contributed by atoms with Crippen molar-refractivity contribution in [2.24, 2.45) is 0 Å². The number of aromatic nitrogens is 4. The zero-order valence-corrected chi connectivity index (χ0v) is 26.7. The first-order valence-corrected chi connectivity index (χ1v) is 15.5. The summed E-state index contributed by atoms with van der Waals surface area (Å²) in [6, 6.07) is 25.0. The second-order valence-electron chi connectivity index (χ2n) is 12.3. The molecule has 4 aromatic heterocycles. The van der Waals surface area contributed by atoms with E-state index in [9.17, 15) is 25.2 Å². The summed E-state index contributed by atoms with van der Waals surface area (Å²) < 4.78 is 59.2. The third-order valence-corrected chi connectivity index (χ3v) is 6.40. The summed E-state index contributed by atoms with van der Waals surface area (Å²) in [6.45, 7) is 13.1. The fraction of sp³-hybridized carbons (Fsp3) is 0.250.